The maximum atomic E-state index is 13.4. The van der Waals surface area contributed by atoms with E-state index in [1.165, 1.54) is 12.1 Å². The van der Waals surface area contributed by atoms with Gasteiger partial charge in [0.2, 0.25) is 0 Å². The summed E-state index contributed by atoms with van der Waals surface area (Å²) in [7, 11) is 0. The fourth-order valence-electron chi connectivity index (χ4n) is 4.67. The predicted octanol–water partition coefficient (Wildman–Crippen LogP) is 4.53. The molecule has 162 valence electrons. The Balaban J connectivity index is 1.92. The molecule has 0 aromatic heterocycles. The summed E-state index contributed by atoms with van der Waals surface area (Å²) in [5.74, 6) is -0.478. The van der Waals surface area contributed by atoms with Gasteiger partial charge >= 0.3 is 0 Å². The van der Waals surface area contributed by atoms with Crippen LogP contribution in [0.2, 0.25) is 0 Å². The van der Waals surface area contributed by atoms with Crippen LogP contribution in [0.4, 0.5) is 5.69 Å². The number of nitro benzene ring substituents is 1. The van der Waals surface area contributed by atoms with Crippen LogP contribution in [-0.2, 0) is 11.3 Å². The summed E-state index contributed by atoms with van der Waals surface area (Å²) in [6.45, 7) is 4.51. The van der Waals surface area contributed by atoms with Gasteiger partial charge < -0.3 is 10.6 Å². The molecule has 0 spiro atoms. The number of non-ortho nitro benzene ring substituents is 1. The van der Waals surface area contributed by atoms with E-state index in [1.807, 2.05) is 49.1 Å². The first-order valence-corrected chi connectivity index (χ1v) is 10.4. The standard InChI is InChI=1S/C25H24N4O3/c1-25(2)12-20-23(21(30)13-25)22(17-9-6-10-18(11-17)29(31)32)19(14-26)24(27)28(20)15-16-7-4-3-5-8-16/h3-11,22H,12-13,15,27H2,1-2H3/t22-/m1/s1. The highest BCUT2D eigenvalue weighted by atomic mass is 16.6. The minimum Gasteiger partial charge on any atom is -0.384 e. The third-order valence-electron chi connectivity index (χ3n) is 6.08. The molecule has 1 aliphatic heterocycles. The van der Waals surface area contributed by atoms with Gasteiger partial charge in [-0.2, -0.15) is 5.26 Å². The molecule has 0 radical (unpaired) electrons. The van der Waals surface area contributed by atoms with Gasteiger partial charge in [-0.15, -0.1) is 0 Å². The van der Waals surface area contributed by atoms with Crippen LogP contribution in [0.1, 0.15) is 43.7 Å². The van der Waals surface area contributed by atoms with Crippen LogP contribution in [-0.4, -0.2) is 15.6 Å². The van der Waals surface area contributed by atoms with E-state index >= 15 is 0 Å². The number of Topliss-reactive ketones (excluding diaryl/α,β-unsaturated/α-hetero) is 1. The number of nitrogens with two attached hydrogens (primary N) is 1. The highest BCUT2D eigenvalue weighted by Gasteiger charge is 2.44. The van der Waals surface area contributed by atoms with Gasteiger partial charge in [0.05, 0.1) is 22.5 Å². The quantitative estimate of drug-likeness (QED) is 0.565. The molecule has 7 nitrogen and oxygen atoms in total. The molecule has 0 saturated carbocycles. The summed E-state index contributed by atoms with van der Waals surface area (Å²) >= 11 is 0. The molecule has 1 heterocycles. The van der Waals surface area contributed by atoms with E-state index in [0.29, 0.717) is 30.5 Å². The average Bonchev–Trinajstić information content (AvgIpc) is 2.75. The second kappa shape index (κ2) is 7.97. The lowest BCUT2D eigenvalue weighted by Crippen LogP contribution is -2.41. The van der Waals surface area contributed by atoms with Crippen molar-refractivity contribution in [2.24, 2.45) is 11.1 Å². The molecule has 2 N–H and O–H groups in total. The second-order valence-corrected chi connectivity index (χ2v) is 9.07. The van der Waals surface area contributed by atoms with Crippen molar-refractivity contribution >= 4 is 11.5 Å². The lowest BCUT2D eigenvalue weighted by atomic mass is 9.68. The zero-order valence-corrected chi connectivity index (χ0v) is 18.0. The SMILES string of the molecule is CC1(C)CC(=O)C2=C(C1)N(Cc1ccccc1)C(N)=C(C#N)[C@H]2c1cccc([N+](=O)[O-])c1. The van der Waals surface area contributed by atoms with Crippen LogP contribution in [0, 0.1) is 26.9 Å². The van der Waals surface area contributed by atoms with E-state index in [1.54, 1.807) is 12.1 Å². The zero-order valence-electron chi connectivity index (χ0n) is 18.0. The Morgan fingerprint density at radius 3 is 2.56 bits per heavy atom. The maximum absolute atomic E-state index is 13.4. The lowest BCUT2D eigenvalue weighted by molar-refractivity contribution is -0.384. The number of allylic oxidation sites excluding steroid dienone is 3. The van der Waals surface area contributed by atoms with E-state index in [-0.39, 0.29) is 28.3 Å². The summed E-state index contributed by atoms with van der Waals surface area (Å²) in [6.07, 6.45) is 0.959. The Morgan fingerprint density at radius 2 is 1.91 bits per heavy atom. The molecule has 2 aromatic rings. The van der Waals surface area contributed by atoms with Crippen LogP contribution in [0.5, 0.6) is 0 Å². The van der Waals surface area contributed by atoms with Gasteiger partial charge in [0, 0.05) is 36.4 Å². The summed E-state index contributed by atoms with van der Waals surface area (Å²) in [5.41, 5.74) is 9.29. The highest BCUT2D eigenvalue weighted by Crippen LogP contribution is 2.49. The largest absolute Gasteiger partial charge is 0.384 e. The van der Waals surface area contributed by atoms with Gasteiger partial charge in [-0.3, -0.25) is 14.9 Å². The first kappa shape index (κ1) is 21.3. The van der Waals surface area contributed by atoms with Crippen molar-refractivity contribution in [2.75, 3.05) is 0 Å². The molecule has 0 amide bonds. The number of rotatable bonds is 4. The maximum Gasteiger partial charge on any atom is 0.269 e. The van der Waals surface area contributed by atoms with E-state index in [4.69, 9.17) is 5.73 Å². The average molecular weight is 428 g/mol. The molecule has 1 atom stereocenters. The van der Waals surface area contributed by atoms with Crippen molar-refractivity contribution in [3.63, 3.8) is 0 Å². The Labute approximate surface area is 186 Å². The number of carbonyl (C=O) groups excluding carboxylic acids is 1. The fraction of sp³-hybridized carbons (Fsp3) is 0.280. The Kier molecular flexibility index (Phi) is 5.31. The van der Waals surface area contributed by atoms with E-state index in [9.17, 15) is 20.2 Å². The van der Waals surface area contributed by atoms with Crippen molar-refractivity contribution in [3.8, 4) is 6.07 Å². The summed E-state index contributed by atoms with van der Waals surface area (Å²) in [4.78, 5) is 26.2. The molecule has 2 aliphatic rings. The van der Waals surface area contributed by atoms with E-state index in [2.05, 4.69) is 6.07 Å². The summed E-state index contributed by atoms with van der Waals surface area (Å²) < 4.78 is 0. The molecule has 1 aliphatic carbocycles. The van der Waals surface area contributed by atoms with Crippen molar-refractivity contribution < 1.29 is 9.72 Å². The number of hydrogen-bond acceptors (Lipinski definition) is 6. The molecule has 0 saturated heterocycles. The van der Waals surface area contributed by atoms with Crippen molar-refractivity contribution in [3.05, 3.63) is 98.5 Å². The van der Waals surface area contributed by atoms with Gasteiger partial charge in [-0.25, -0.2) is 0 Å². The first-order valence-electron chi connectivity index (χ1n) is 10.4. The molecule has 7 heteroatoms. The minimum absolute atomic E-state index is 0.0499. The Morgan fingerprint density at radius 1 is 1.19 bits per heavy atom. The number of carbonyl (C=O) groups is 1. The number of hydrogen-bond donors (Lipinski definition) is 1. The van der Waals surface area contributed by atoms with Crippen LogP contribution < -0.4 is 5.73 Å². The third kappa shape index (κ3) is 3.76. The van der Waals surface area contributed by atoms with E-state index < -0.39 is 10.8 Å². The van der Waals surface area contributed by atoms with Crippen LogP contribution >= 0.6 is 0 Å². The zero-order chi connectivity index (χ0) is 23.0. The third-order valence-corrected chi connectivity index (χ3v) is 6.08. The van der Waals surface area contributed by atoms with Gasteiger partial charge in [0.15, 0.2) is 5.78 Å². The topological polar surface area (TPSA) is 113 Å². The van der Waals surface area contributed by atoms with Crippen molar-refractivity contribution in [2.45, 2.75) is 39.2 Å². The Hall–Kier alpha value is -3.92. The second-order valence-electron chi connectivity index (χ2n) is 9.07. The number of nitrogens with zero attached hydrogens (tertiary/aromatic N) is 3. The van der Waals surface area contributed by atoms with Crippen LogP contribution in [0.15, 0.2) is 77.3 Å². The molecule has 0 unspecified atom stereocenters. The van der Waals surface area contributed by atoms with E-state index in [0.717, 1.165) is 11.3 Å². The number of ketones is 1. The molecule has 0 fully saturated rings. The summed E-state index contributed by atoms with van der Waals surface area (Å²) in [5, 5.41) is 21.4. The minimum atomic E-state index is -0.717. The molecule has 2 aromatic carbocycles. The van der Waals surface area contributed by atoms with Gasteiger partial charge in [-0.05, 0) is 23.0 Å². The fourth-order valence-corrected chi connectivity index (χ4v) is 4.67. The van der Waals surface area contributed by atoms with Gasteiger partial charge in [0.25, 0.3) is 5.69 Å². The number of benzene rings is 2. The highest BCUT2D eigenvalue weighted by molar-refractivity contribution is 6.00. The van der Waals surface area contributed by atoms with Crippen molar-refractivity contribution in [1.29, 1.82) is 5.26 Å². The molecule has 32 heavy (non-hydrogen) atoms. The van der Waals surface area contributed by atoms with Crippen LogP contribution in [0.3, 0.4) is 0 Å². The van der Waals surface area contributed by atoms with Crippen LogP contribution in [0.25, 0.3) is 0 Å². The van der Waals surface area contributed by atoms with Gasteiger partial charge in [0.1, 0.15) is 5.82 Å². The summed E-state index contributed by atoms with van der Waals surface area (Å²) in [6, 6.07) is 18.1. The van der Waals surface area contributed by atoms with Gasteiger partial charge in [-0.1, -0.05) is 56.3 Å². The normalized spacial score (nSPS) is 20.1. The monoisotopic (exact) mass is 428 g/mol. The molecule has 0 bridgehead atoms. The predicted molar refractivity (Wildman–Crippen MR) is 120 cm³/mol. The first-order chi connectivity index (χ1) is 15.2. The smallest absolute Gasteiger partial charge is 0.269 e. The molecular weight excluding hydrogens is 404 g/mol. The molecular formula is C25H24N4O3. The Bertz CT molecular complexity index is 1210. The number of nitriles is 1. The number of nitro groups is 1. The lowest BCUT2D eigenvalue weighted by Gasteiger charge is -2.43. The van der Waals surface area contributed by atoms with Crippen molar-refractivity contribution in [1.82, 2.24) is 4.90 Å². The molecule has 4 rings (SSSR count).